The molecule has 0 aliphatic rings. The summed E-state index contributed by atoms with van der Waals surface area (Å²) >= 11 is 0.996. The molecule has 10 heteroatoms. The molecule has 186 valence electrons. The Morgan fingerprint density at radius 1 is 1.06 bits per heavy atom. The maximum absolute atomic E-state index is 13.6. The van der Waals surface area contributed by atoms with Crippen LogP contribution < -0.4 is 16.6 Å². The van der Waals surface area contributed by atoms with Gasteiger partial charge in [0.25, 0.3) is 11.5 Å². The van der Waals surface area contributed by atoms with Crippen LogP contribution in [-0.2, 0) is 17.8 Å². The van der Waals surface area contributed by atoms with Gasteiger partial charge in [-0.2, -0.15) is 0 Å². The molecule has 0 aliphatic heterocycles. The molecule has 2 aromatic heterocycles. The van der Waals surface area contributed by atoms with Gasteiger partial charge in [0.15, 0.2) is 0 Å². The van der Waals surface area contributed by atoms with Gasteiger partial charge in [0.2, 0.25) is 5.91 Å². The van der Waals surface area contributed by atoms with Crippen molar-refractivity contribution in [3.8, 4) is 5.69 Å². The molecule has 8 nitrogen and oxygen atoms in total. The number of para-hydroxylation sites is 1. The fraction of sp³-hybridized carbons (Fsp3) is 0.231. The first kappa shape index (κ1) is 25.1. The molecular formula is C26H25FN4O4S. The molecule has 0 radical (unpaired) electrons. The summed E-state index contributed by atoms with van der Waals surface area (Å²) in [7, 11) is 3.18. The van der Waals surface area contributed by atoms with E-state index in [2.05, 4.69) is 5.32 Å². The monoisotopic (exact) mass is 508 g/mol. The molecule has 0 atom stereocenters. The van der Waals surface area contributed by atoms with Gasteiger partial charge in [0.05, 0.1) is 16.0 Å². The van der Waals surface area contributed by atoms with Gasteiger partial charge in [-0.3, -0.25) is 19.0 Å². The number of nitrogens with zero attached hydrogens (tertiary/aromatic N) is 3. The number of anilines is 1. The normalized spacial score (nSPS) is 11.0. The van der Waals surface area contributed by atoms with Crippen molar-refractivity contribution in [1.82, 2.24) is 14.0 Å². The molecule has 2 aromatic carbocycles. The second kappa shape index (κ2) is 9.90. The third-order valence-electron chi connectivity index (χ3n) is 5.87. The van der Waals surface area contributed by atoms with E-state index in [1.165, 1.54) is 21.6 Å². The van der Waals surface area contributed by atoms with Crippen molar-refractivity contribution >= 4 is 39.1 Å². The number of hydrogen-bond acceptors (Lipinski definition) is 5. The summed E-state index contributed by atoms with van der Waals surface area (Å²) in [6.45, 7) is 3.22. The van der Waals surface area contributed by atoms with Crippen LogP contribution in [0.5, 0.6) is 0 Å². The van der Waals surface area contributed by atoms with E-state index in [1.54, 1.807) is 33.2 Å². The summed E-state index contributed by atoms with van der Waals surface area (Å²) in [6.07, 6.45) is 0.705. The fourth-order valence-electron chi connectivity index (χ4n) is 3.99. The minimum Gasteiger partial charge on any atom is -0.344 e. The number of amides is 2. The van der Waals surface area contributed by atoms with Gasteiger partial charge in [-0.15, -0.1) is 11.3 Å². The van der Waals surface area contributed by atoms with Gasteiger partial charge in [0.1, 0.15) is 17.2 Å². The summed E-state index contributed by atoms with van der Waals surface area (Å²) < 4.78 is 15.6. The molecule has 4 aromatic rings. The smallest absolute Gasteiger partial charge is 0.337 e. The molecule has 2 amide bonds. The Morgan fingerprint density at radius 3 is 2.36 bits per heavy atom. The Kier molecular flexibility index (Phi) is 6.89. The van der Waals surface area contributed by atoms with E-state index < -0.39 is 23.0 Å². The Labute approximate surface area is 210 Å². The van der Waals surface area contributed by atoms with Gasteiger partial charge >= 0.3 is 5.69 Å². The average molecular weight is 509 g/mol. The van der Waals surface area contributed by atoms with E-state index in [0.717, 1.165) is 33.6 Å². The highest BCUT2D eigenvalue weighted by molar-refractivity contribution is 7.20. The first-order valence-corrected chi connectivity index (χ1v) is 12.1. The van der Waals surface area contributed by atoms with Gasteiger partial charge in [-0.25, -0.2) is 13.8 Å². The molecule has 0 bridgehead atoms. The van der Waals surface area contributed by atoms with E-state index in [0.29, 0.717) is 22.5 Å². The van der Waals surface area contributed by atoms with Gasteiger partial charge < -0.3 is 10.2 Å². The Morgan fingerprint density at radius 2 is 1.72 bits per heavy atom. The highest BCUT2D eigenvalue weighted by Crippen LogP contribution is 2.29. The quantitative estimate of drug-likeness (QED) is 0.431. The van der Waals surface area contributed by atoms with Gasteiger partial charge in [0, 0.05) is 19.8 Å². The summed E-state index contributed by atoms with van der Waals surface area (Å²) in [5, 5.41) is 3.00. The number of rotatable bonds is 6. The molecule has 0 spiro atoms. The van der Waals surface area contributed by atoms with E-state index in [9.17, 15) is 23.6 Å². The molecule has 0 saturated carbocycles. The van der Waals surface area contributed by atoms with E-state index in [-0.39, 0.29) is 28.4 Å². The lowest BCUT2D eigenvalue weighted by atomic mass is 10.1. The molecule has 0 saturated heterocycles. The van der Waals surface area contributed by atoms with Crippen molar-refractivity contribution in [1.29, 1.82) is 0 Å². The van der Waals surface area contributed by atoms with Crippen LogP contribution in [0, 0.1) is 12.7 Å². The summed E-state index contributed by atoms with van der Waals surface area (Å²) in [5.41, 5.74) is 0.742. The molecule has 2 heterocycles. The van der Waals surface area contributed by atoms with Crippen molar-refractivity contribution in [2.45, 2.75) is 26.8 Å². The zero-order valence-corrected chi connectivity index (χ0v) is 21.1. The van der Waals surface area contributed by atoms with Gasteiger partial charge in [-0.05, 0) is 54.8 Å². The standard InChI is InChI=1S/C26H25FN4O4S/c1-5-16-8-6-7-9-19(16)28-20(32)14-30-25-21(15(2)22(36-25)24(34)29(3)4)23(33)31(26(30)35)18-12-10-17(27)11-13-18/h6-13H,5,14H2,1-4H3,(H,28,32). The Balaban J connectivity index is 1.92. The second-order valence-corrected chi connectivity index (χ2v) is 9.48. The molecule has 0 unspecified atom stereocenters. The first-order valence-electron chi connectivity index (χ1n) is 11.3. The predicted molar refractivity (Wildman–Crippen MR) is 139 cm³/mol. The number of benzene rings is 2. The molecule has 36 heavy (non-hydrogen) atoms. The van der Waals surface area contributed by atoms with Crippen molar-refractivity contribution in [2.75, 3.05) is 19.4 Å². The lowest BCUT2D eigenvalue weighted by Crippen LogP contribution is -2.40. The van der Waals surface area contributed by atoms with Crippen LogP contribution in [0.3, 0.4) is 0 Å². The molecular weight excluding hydrogens is 483 g/mol. The lowest BCUT2D eigenvalue weighted by Gasteiger charge is -2.14. The number of aromatic nitrogens is 2. The van der Waals surface area contributed by atoms with Crippen LogP contribution in [0.15, 0.2) is 58.1 Å². The van der Waals surface area contributed by atoms with Crippen LogP contribution in [-0.4, -0.2) is 39.9 Å². The number of carbonyl (C=O) groups excluding carboxylic acids is 2. The zero-order chi connectivity index (χ0) is 26.1. The number of fused-ring (bicyclic) bond motifs is 1. The van der Waals surface area contributed by atoms with Crippen molar-refractivity contribution in [3.63, 3.8) is 0 Å². The number of carbonyl (C=O) groups is 2. The highest BCUT2D eigenvalue weighted by atomic mass is 32.1. The summed E-state index contributed by atoms with van der Waals surface area (Å²) in [4.78, 5) is 54.9. The lowest BCUT2D eigenvalue weighted by molar-refractivity contribution is -0.116. The van der Waals surface area contributed by atoms with E-state index >= 15 is 0 Å². The molecule has 0 aliphatic carbocycles. The third kappa shape index (κ3) is 4.47. The number of aryl methyl sites for hydroxylation is 2. The largest absolute Gasteiger partial charge is 0.344 e. The predicted octanol–water partition coefficient (Wildman–Crippen LogP) is 3.56. The number of thiophene rings is 1. The highest BCUT2D eigenvalue weighted by Gasteiger charge is 2.25. The molecule has 4 rings (SSSR count). The SMILES string of the molecule is CCc1ccccc1NC(=O)Cn1c(=O)n(-c2ccc(F)cc2)c(=O)c2c(C)c(C(=O)N(C)C)sc21. The number of hydrogen-bond donors (Lipinski definition) is 1. The maximum atomic E-state index is 13.6. The number of halogens is 1. The minimum absolute atomic E-state index is 0.157. The fourth-order valence-corrected chi connectivity index (χ4v) is 5.31. The van der Waals surface area contributed by atoms with E-state index in [1.807, 2.05) is 19.1 Å². The van der Waals surface area contributed by atoms with Crippen LogP contribution in [0.4, 0.5) is 10.1 Å². The Hall–Kier alpha value is -4.05. The van der Waals surface area contributed by atoms with Crippen LogP contribution >= 0.6 is 11.3 Å². The molecule has 1 N–H and O–H groups in total. The first-order chi connectivity index (χ1) is 17.1. The van der Waals surface area contributed by atoms with Crippen molar-refractivity contribution < 1.29 is 14.0 Å². The Bertz CT molecular complexity index is 1600. The van der Waals surface area contributed by atoms with Crippen molar-refractivity contribution in [3.05, 3.63) is 91.2 Å². The average Bonchev–Trinajstić information content (AvgIpc) is 3.19. The topological polar surface area (TPSA) is 93.4 Å². The number of nitrogens with one attached hydrogen (secondary N) is 1. The van der Waals surface area contributed by atoms with Gasteiger partial charge in [-0.1, -0.05) is 25.1 Å². The minimum atomic E-state index is -0.761. The zero-order valence-electron chi connectivity index (χ0n) is 20.3. The van der Waals surface area contributed by atoms with Crippen molar-refractivity contribution in [2.24, 2.45) is 0 Å². The molecule has 0 fully saturated rings. The van der Waals surface area contributed by atoms with E-state index in [4.69, 9.17) is 0 Å². The van der Waals surface area contributed by atoms with Crippen LogP contribution in [0.1, 0.15) is 27.7 Å². The summed E-state index contributed by atoms with van der Waals surface area (Å²) in [5.74, 6) is -1.30. The summed E-state index contributed by atoms with van der Waals surface area (Å²) in [6, 6.07) is 12.3. The third-order valence-corrected chi connectivity index (χ3v) is 7.17. The van der Waals surface area contributed by atoms with Crippen LogP contribution in [0.25, 0.3) is 15.9 Å². The van der Waals surface area contributed by atoms with Crippen LogP contribution in [0.2, 0.25) is 0 Å². The second-order valence-electron chi connectivity index (χ2n) is 8.48. The maximum Gasteiger partial charge on any atom is 0.337 e.